The molecule has 1 N–H and O–H groups in total. The molecule has 0 spiro atoms. The second kappa shape index (κ2) is 5.60. The number of nitriles is 1. The van der Waals surface area contributed by atoms with Crippen molar-refractivity contribution < 1.29 is 8.42 Å². The smallest absolute Gasteiger partial charge is 0.302 e. The number of nitrogens with one attached hydrogen (secondary N) is 1. The van der Waals surface area contributed by atoms with Gasteiger partial charge in [-0.15, -0.1) is 0 Å². The SMILES string of the molecule is CC(C)C(C#N)NS(=O)(=O)c1cn(C)c(=O)n(C)c1=O. The predicted octanol–water partition coefficient (Wildman–Crippen LogP) is -1.09. The van der Waals surface area contributed by atoms with E-state index in [4.69, 9.17) is 5.26 Å². The lowest BCUT2D eigenvalue weighted by Crippen LogP contribution is -2.44. The van der Waals surface area contributed by atoms with Crippen LogP contribution in [0.2, 0.25) is 0 Å². The number of aromatic nitrogens is 2. The zero-order valence-corrected chi connectivity index (χ0v) is 12.4. The van der Waals surface area contributed by atoms with Gasteiger partial charge in [-0.1, -0.05) is 13.8 Å². The summed E-state index contributed by atoms with van der Waals surface area (Å²) in [6.07, 6.45) is 0.946. The fourth-order valence-corrected chi connectivity index (χ4v) is 2.95. The minimum absolute atomic E-state index is 0.258. The van der Waals surface area contributed by atoms with Gasteiger partial charge in [-0.3, -0.25) is 9.36 Å². The molecule has 9 heteroatoms. The molecular formula is C11H16N4O4S. The summed E-state index contributed by atoms with van der Waals surface area (Å²) < 4.78 is 28.2. The van der Waals surface area contributed by atoms with E-state index in [1.165, 1.54) is 14.1 Å². The molecular weight excluding hydrogens is 284 g/mol. The van der Waals surface area contributed by atoms with Gasteiger partial charge in [0.2, 0.25) is 10.0 Å². The van der Waals surface area contributed by atoms with Gasteiger partial charge in [0.05, 0.1) is 6.07 Å². The lowest BCUT2D eigenvalue weighted by atomic mass is 10.1. The molecule has 1 rings (SSSR count). The van der Waals surface area contributed by atoms with Crippen LogP contribution in [0.4, 0.5) is 0 Å². The van der Waals surface area contributed by atoms with Crippen molar-refractivity contribution in [2.24, 2.45) is 20.0 Å². The lowest BCUT2D eigenvalue weighted by Gasteiger charge is -2.15. The van der Waals surface area contributed by atoms with Crippen molar-refractivity contribution >= 4 is 10.0 Å². The van der Waals surface area contributed by atoms with Gasteiger partial charge < -0.3 is 4.57 Å². The van der Waals surface area contributed by atoms with E-state index in [9.17, 15) is 18.0 Å². The van der Waals surface area contributed by atoms with Gasteiger partial charge in [-0.2, -0.15) is 9.98 Å². The minimum atomic E-state index is -4.17. The zero-order valence-electron chi connectivity index (χ0n) is 11.6. The summed E-state index contributed by atoms with van der Waals surface area (Å²) in [5.74, 6) is -0.258. The molecule has 0 aromatic carbocycles. The van der Waals surface area contributed by atoms with Gasteiger partial charge >= 0.3 is 5.69 Å². The fourth-order valence-electron chi connectivity index (χ4n) is 1.50. The number of rotatable bonds is 4. The Morgan fingerprint density at radius 3 is 2.30 bits per heavy atom. The van der Waals surface area contributed by atoms with Gasteiger partial charge in [-0.05, 0) is 5.92 Å². The van der Waals surface area contributed by atoms with Crippen molar-refractivity contribution in [2.75, 3.05) is 0 Å². The number of aryl methyl sites for hydroxylation is 1. The third kappa shape index (κ3) is 2.97. The average Bonchev–Trinajstić information content (AvgIpc) is 2.37. The van der Waals surface area contributed by atoms with Crippen LogP contribution in [0.15, 0.2) is 20.7 Å². The standard InChI is InChI=1S/C11H16N4O4S/c1-7(2)8(5-12)13-20(18,19)9-6-14(3)11(17)15(4)10(9)16/h6-8,13H,1-4H3. The first-order valence-electron chi connectivity index (χ1n) is 5.80. The maximum atomic E-state index is 12.2. The van der Waals surface area contributed by atoms with Crippen LogP contribution >= 0.6 is 0 Å². The Labute approximate surface area is 116 Å². The fraction of sp³-hybridized carbons (Fsp3) is 0.545. The molecule has 0 aliphatic carbocycles. The van der Waals surface area contributed by atoms with Crippen molar-refractivity contribution in [3.05, 3.63) is 27.0 Å². The van der Waals surface area contributed by atoms with Crippen LogP contribution in [0.5, 0.6) is 0 Å². The van der Waals surface area contributed by atoms with Crippen LogP contribution in [0.3, 0.4) is 0 Å². The molecule has 0 aliphatic rings. The quantitative estimate of drug-likeness (QED) is 0.759. The molecule has 110 valence electrons. The summed E-state index contributed by atoms with van der Waals surface area (Å²) in [6, 6.07) is 0.863. The Hall–Kier alpha value is -1.92. The van der Waals surface area contributed by atoms with Gasteiger partial charge in [0.15, 0.2) is 4.90 Å². The topological polar surface area (TPSA) is 114 Å². The third-order valence-corrected chi connectivity index (χ3v) is 4.22. The van der Waals surface area contributed by atoms with Gasteiger partial charge in [0.1, 0.15) is 6.04 Å². The molecule has 0 bridgehead atoms. The van der Waals surface area contributed by atoms with Crippen LogP contribution in [0, 0.1) is 17.2 Å². The van der Waals surface area contributed by atoms with E-state index in [0.717, 1.165) is 10.8 Å². The van der Waals surface area contributed by atoms with Crippen LogP contribution in [-0.4, -0.2) is 23.6 Å². The number of sulfonamides is 1. The van der Waals surface area contributed by atoms with Crippen LogP contribution in [0.25, 0.3) is 0 Å². The number of hydrogen-bond donors (Lipinski definition) is 1. The molecule has 0 aliphatic heterocycles. The van der Waals surface area contributed by atoms with E-state index in [1.54, 1.807) is 13.8 Å². The van der Waals surface area contributed by atoms with Crippen molar-refractivity contribution in [2.45, 2.75) is 24.8 Å². The molecule has 0 amide bonds. The van der Waals surface area contributed by atoms with Crippen molar-refractivity contribution in [1.29, 1.82) is 5.26 Å². The highest BCUT2D eigenvalue weighted by atomic mass is 32.2. The van der Waals surface area contributed by atoms with Gasteiger partial charge in [0.25, 0.3) is 5.56 Å². The highest BCUT2D eigenvalue weighted by molar-refractivity contribution is 7.89. The first-order valence-corrected chi connectivity index (χ1v) is 7.28. The zero-order chi connectivity index (χ0) is 15.7. The Morgan fingerprint density at radius 1 is 1.30 bits per heavy atom. The third-order valence-electron chi connectivity index (χ3n) is 2.79. The van der Waals surface area contributed by atoms with Gasteiger partial charge in [0, 0.05) is 20.3 Å². The predicted molar refractivity (Wildman–Crippen MR) is 71.5 cm³/mol. The number of hydrogen-bond acceptors (Lipinski definition) is 5. The number of nitrogens with zero attached hydrogens (tertiary/aromatic N) is 3. The second-order valence-electron chi connectivity index (χ2n) is 4.72. The monoisotopic (exact) mass is 300 g/mol. The molecule has 1 aromatic heterocycles. The maximum Gasteiger partial charge on any atom is 0.330 e. The van der Waals surface area contributed by atoms with Gasteiger partial charge in [-0.25, -0.2) is 13.2 Å². The van der Waals surface area contributed by atoms with E-state index in [2.05, 4.69) is 4.72 Å². The van der Waals surface area contributed by atoms with E-state index in [1.807, 2.05) is 6.07 Å². The molecule has 1 heterocycles. The first kappa shape index (κ1) is 16.1. The summed E-state index contributed by atoms with van der Waals surface area (Å²) >= 11 is 0. The van der Waals surface area contributed by atoms with Crippen molar-refractivity contribution in [3.63, 3.8) is 0 Å². The molecule has 1 aromatic rings. The van der Waals surface area contributed by atoms with Crippen molar-refractivity contribution in [3.8, 4) is 6.07 Å². The minimum Gasteiger partial charge on any atom is -0.302 e. The molecule has 0 saturated carbocycles. The first-order chi connectivity index (χ1) is 9.11. The van der Waals surface area contributed by atoms with Crippen LogP contribution < -0.4 is 16.0 Å². The maximum absolute atomic E-state index is 12.2. The molecule has 1 atom stereocenters. The highest BCUT2D eigenvalue weighted by Crippen LogP contribution is 2.06. The summed E-state index contributed by atoms with van der Waals surface area (Å²) in [7, 11) is -1.65. The summed E-state index contributed by atoms with van der Waals surface area (Å²) in [4.78, 5) is 22.8. The molecule has 0 radical (unpaired) electrons. The Kier molecular flexibility index (Phi) is 4.52. The van der Waals surface area contributed by atoms with E-state index in [-0.39, 0.29) is 5.92 Å². The molecule has 8 nitrogen and oxygen atoms in total. The van der Waals surface area contributed by atoms with Crippen LogP contribution in [-0.2, 0) is 24.1 Å². The molecule has 0 saturated heterocycles. The normalized spacial score (nSPS) is 13.2. The molecule has 1 unspecified atom stereocenters. The van der Waals surface area contributed by atoms with E-state index < -0.39 is 32.2 Å². The highest BCUT2D eigenvalue weighted by Gasteiger charge is 2.26. The van der Waals surface area contributed by atoms with Crippen molar-refractivity contribution in [1.82, 2.24) is 13.9 Å². The Morgan fingerprint density at radius 2 is 1.85 bits per heavy atom. The Bertz CT molecular complexity index is 767. The Balaban J connectivity index is 3.42. The average molecular weight is 300 g/mol. The molecule has 0 fully saturated rings. The summed E-state index contributed by atoms with van der Waals surface area (Å²) in [6.45, 7) is 3.35. The lowest BCUT2D eigenvalue weighted by molar-refractivity contribution is 0.512. The van der Waals surface area contributed by atoms with E-state index in [0.29, 0.717) is 4.57 Å². The summed E-state index contributed by atoms with van der Waals surface area (Å²) in [5, 5.41) is 8.91. The van der Waals surface area contributed by atoms with E-state index >= 15 is 0 Å². The second-order valence-corrected chi connectivity index (χ2v) is 6.41. The largest absolute Gasteiger partial charge is 0.330 e. The van der Waals surface area contributed by atoms with Crippen LogP contribution in [0.1, 0.15) is 13.8 Å². The molecule has 20 heavy (non-hydrogen) atoms. The summed E-state index contributed by atoms with van der Waals surface area (Å²) in [5.41, 5.74) is -1.56.